The molecule has 23 heavy (non-hydrogen) atoms. The highest BCUT2D eigenvalue weighted by Crippen LogP contribution is 2.19. The number of nitrogens with zero attached hydrogens (tertiary/aromatic N) is 6. The van der Waals surface area contributed by atoms with Crippen LogP contribution in [-0.4, -0.2) is 92.8 Å². The van der Waals surface area contributed by atoms with Crippen LogP contribution in [0.25, 0.3) is 0 Å². The maximum absolute atomic E-state index is 9.68. The van der Waals surface area contributed by atoms with Gasteiger partial charge in [0, 0.05) is 7.11 Å². The number of rotatable bonds is 10. The van der Waals surface area contributed by atoms with Crippen LogP contribution in [0.3, 0.4) is 0 Å². The lowest BCUT2D eigenvalue weighted by Crippen LogP contribution is -2.40. The van der Waals surface area contributed by atoms with Crippen molar-refractivity contribution >= 4 is 17.8 Å². The third-order valence-electron chi connectivity index (χ3n) is 2.74. The van der Waals surface area contributed by atoms with Crippen LogP contribution in [0.1, 0.15) is 0 Å². The summed E-state index contributed by atoms with van der Waals surface area (Å²) in [5.41, 5.74) is 0. The van der Waals surface area contributed by atoms with Gasteiger partial charge in [-0.25, -0.2) is 0 Å². The van der Waals surface area contributed by atoms with E-state index in [1.54, 1.807) is 0 Å². The third kappa shape index (κ3) is 4.55. The molecule has 1 heterocycles. The molecule has 132 valence electrons. The predicted octanol–water partition coefficient (Wildman–Crippen LogP) is -4.04. The molecule has 0 saturated carbocycles. The molecule has 0 aliphatic rings. The second kappa shape index (κ2) is 9.31. The van der Waals surface area contributed by atoms with Gasteiger partial charge in [-0.15, -0.1) is 0 Å². The fourth-order valence-corrected chi connectivity index (χ4v) is 1.46. The molecule has 1 aromatic rings. The van der Waals surface area contributed by atoms with E-state index in [2.05, 4.69) is 19.7 Å². The summed E-state index contributed by atoms with van der Waals surface area (Å²) in [5, 5.41) is 55.7. The van der Waals surface area contributed by atoms with Gasteiger partial charge in [0.15, 0.2) is 0 Å². The van der Waals surface area contributed by atoms with Crippen LogP contribution in [0, 0.1) is 0 Å². The van der Waals surface area contributed by atoms with Crippen LogP contribution in [0.5, 0.6) is 0 Å². The van der Waals surface area contributed by atoms with Crippen molar-refractivity contribution in [3.05, 3.63) is 0 Å². The highest BCUT2D eigenvalue weighted by molar-refractivity contribution is 5.45. The molecular formula is C10H20N6O7. The standard InChI is InChI=1S/C10H20N6O7/c1-23-10(22)16(6-21)9-12-7(14(2-17)3-18)11-8(13-9)15(4-19)5-20/h10,17-22H,2-6H2,1H3. The molecule has 0 spiro atoms. The van der Waals surface area contributed by atoms with Gasteiger partial charge in [-0.05, 0) is 0 Å². The number of hydrogen-bond donors (Lipinski definition) is 6. The molecule has 0 aliphatic heterocycles. The van der Waals surface area contributed by atoms with Crippen molar-refractivity contribution in [3.63, 3.8) is 0 Å². The zero-order valence-electron chi connectivity index (χ0n) is 12.4. The molecule has 0 aliphatic carbocycles. The Labute approximate surface area is 131 Å². The monoisotopic (exact) mass is 336 g/mol. The zero-order chi connectivity index (χ0) is 17.4. The maximum Gasteiger partial charge on any atom is 0.241 e. The zero-order valence-corrected chi connectivity index (χ0v) is 12.4. The molecule has 1 atom stereocenters. The molecule has 13 nitrogen and oxygen atoms in total. The molecule has 0 amide bonds. The van der Waals surface area contributed by atoms with Gasteiger partial charge in [-0.3, -0.25) is 14.7 Å². The van der Waals surface area contributed by atoms with E-state index < -0.39 is 40.1 Å². The lowest BCUT2D eigenvalue weighted by Gasteiger charge is -2.27. The fourth-order valence-electron chi connectivity index (χ4n) is 1.46. The molecule has 1 aromatic heterocycles. The Balaban J connectivity index is 3.37. The van der Waals surface area contributed by atoms with E-state index in [-0.39, 0.29) is 17.8 Å². The molecule has 0 saturated heterocycles. The number of anilines is 3. The van der Waals surface area contributed by atoms with Crippen molar-refractivity contribution in [2.45, 2.75) is 6.41 Å². The first-order valence-electron chi connectivity index (χ1n) is 6.34. The van der Waals surface area contributed by atoms with Gasteiger partial charge < -0.3 is 35.4 Å². The molecule has 0 fully saturated rings. The highest BCUT2D eigenvalue weighted by atomic mass is 16.6. The first-order chi connectivity index (χ1) is 11.1. The summed E-state index contributed by atoms with van der Waals surface area (Å²) in [7, 11) is 1.18. The molecule has 6 N–H and O–H groups in total. The van der Waals surface area contributed by atoms with Crippen LogP contribution in [0.15, 0.2) is 0 Å². The third-order valence-corrected chi connectivity index (χ3v) is 2.74. The largest absolute Gasteiger partial charge is 0.376 e. The smallest absolute Gasteiger partial charge is 0.241 e. The van der Waals surface area contributed by atoms with E-state index in [1.807, 2.05) is 0 Å². The number of aliphatic hydroxyl groups is 6. The first-order valence-corrected chi connectivity index (χ1v) is 6.34. The number of ether oxygens (including phenoxy) is 1. The Morgan fingerprint density at radius 3 is 1.48 bits per heavy atom. The summed E-state index contributed by atoms with van der Waals surface area (Å²) in [6.45, 7) is -3.27. The minimum absolute atomic E-state index is 0.219. The number of aromatic nitrogens is 3. The topological polar surface area (TPSA) is 179 Å². The molecular weight excluding hydrogens is 316 g/mol. The summed E-state index contributed by atoms with van der Waals surface area (Å²) in [5.74, 6) is -0.715. The summed E-state index contributed by atoms with van der Waals surface area (Å²) in [6.07, 6.45) is -1.59. The van der Waals surface area contributed by atoms with Crippen molar-refractivity contribution in [3.8, 4) is 0 Å². The summed E-state index contributed by atoms with van der Waals surface area (Å²) < 4.78 is 4.66. The Bertz CT molecular complexity index is 443. The SMILES string of the molecule is COC(O)N(CO)c1nc(N(CO)CO)nc(N(CO)CO)n1. The minimum Gasteiger partial charge on any atom is -0.376 e. The van der Waals surface area contributed by atoms with Gasteiger partial charge in [-0.1, -0.05) is 0 Å². The summed E-state index contributed by atoms with van der Waals surface area (Å²) >= 11 is 0. The van der Waals surface area contributed by atoms with Gasteiger partial charge in [0.1, 0.15) is 33.7 Å². The van der Waals surface area contributed by atoms with E-state index >= 15 is 0 Å². The molecule has 1 unspecified atom stereocenters. The fraction of sp³-hybridized carbons (Fsp3) is 0.700. The van der Waals surface area contributed by atoms with E-state index in [9.17, 15) is 30.6 Å². The van der Waals surface area contributed by atoms with Gasteiger partial charge >= 0.3 is 0 Å². The number of methoxy groups -OCH3 is 1. The lowest BCUT2D eigenvalue weighted by molar-refractivity contribution is -0.0831. The second-order valence-electron chi connectivity index (χ2n) is 4.05. The summed E-state index contributed by atoms with van der Waals surface area (Å²) in [4.78, 5) is 14.3. The van der Waals surface area contributed by atoms with Gasteiger partial charge in [-0.2, -0.15) is 15.0 Å². The molecule has 1 rings (SSSR count). The van der Waals surface area contributed by atoms with E-state index in [1.165, 1.54) is 7.11 Å². The Hall–Kier alpha value is -1.87. The van der Waals surface area contributed by atoms with Crippen molar-refractivity contribution in [1.29, 1.82) is 0 Å². The molecule has 0 aromatic carbocycles. The Morgan fingerprint density at radius 2 is 1.17 bits per heavy atom. The molecule has 13 heteroatoms. The normalized spacial score (nSPS) is 12.1. The highest BCUT2D eigenvalue weighted by Gasteiger charge is 2.23. The van der Waals surface area contributed by atoms with Crippen molar-refractivity contribution < 1.29 is 35.4 Å². The predicted molar refractivity (Wildman–Crippen MR) is 75.7 cm³/mol. The van der Waals surface area contributed by atoms with Crippen LogP contribution >= 0.6 is 0 Å². The number of hydrogen-bond acceptors (Lipinski definition) is 13. The average Bonchev–Trinajstić information content (AvgIpc) is 2.57. The van der Waals surface area contributed by atoms with Gasteiger partial charge in [0.2, 0.25) is 24.3 Å². The van der Waals surface area contributed by atoms with E-state index in [0.29, 0.717) is 0 Å². The van der Waals surface area contributed by atoms with Gasteiger partial charge in [0.25, 0.3) is 0 Å². The van der Waals surface area contributed by atoms with Crippen LogP contribution in [0.2, 0.25) is 0 Å². The Kier molecular flexibility index (Phi) is 7.76. The van der Waals surface area contributed by atoms with E-state index in [0.717, 1.165) is 14.7 Å². The van der Waals surface area contributed by atoms with E-state index in [4.69, 9.17) is 0 Å². The van der Waals surface area contributed by atoms with Crippen molar-refractivity contribution in [2.24, 2.45) is 0 Å². The number of aliphatic hydroxyl groups excluding tert-OH is 6. The molecule has 0 bridgehead atoms. The van der Waals surface area contributed by atoms with Crippen LogP contribution < -0.4 is 14.7 Å². The Morgan fingerprint density at radius 1 is 0.783 bits per heavy atom. The minimum atomic E-state index is -1.59. The average molecular weight is 336 g/mol. The van der Waals surface area contributed by atoms with Crippen LogP contribution in [-0.2, 0) is 4.74 Å². The van der Waals surface area contributed by atoms with Crippen molar-refractivity contribution in [2.75, 3.05) is 55.5 Å². The van der Waals surface area contributed by atoms with Gasteiger partial charge in [0.05, 0.1) is 0 Å². The quantitative estimate of drug-likeness (QED) is 0.228. The maximum atomic E-state index is 9.68. The second-order valence-corrected chi connectivity index (χ2v) is 4.05. The van der Waals surface area contributed by atoms with Crippen molar-refractivity contribution in [1.82, 2.24) is 15.0 Å². The first kappa shape index (κ1) is 19.2. The van der Waals surface area contributed by atoms with Crippen LogP contribution in [0.4, 0.5) is 17.8 Å². The lowest BCUT2D eigenvalue weighted by atomic mass is 10.6. The molecule has 0 radical (unpaired) electrons. The summed E-state index contributed by atoms with van der Waals surface area (Å²) in [6, 6.07) is 0.